The third-order valence-corrected chi connectivity index (χ3v) is 3.32. The first-order valence-corrected chi connectivity index (χ1v) is 6.22. The molecule has 4 N–H and O–H groups in total. The summed E-state index contributed by atoms with van der Waals surface area (Å²) in [6.45, 7) is 6.58. The standard InChI is InChI=1S/C13H20ClN3O/c1-9-4-5-10(14)11(8-9)16-7-6-13(2,3)12(15)17-18/h4-5,8,16,18H,6-7H2,1-3H3,(H2,15,17). The number of nitrogens with zero attached hydrogens (tertiary/aromatic N) is 1. The molecule has 0 bridgehead atoms. The topological polar surface area (TPSA) is 70.6 Å². The SMILES string of the molecule is Cc1ccc(Cl)c(NCCC(C)(C)/C(N)=N/O)c1. The van der Waals surface area contributed by atoms with E-state index in [0.29, 0.717) is 11.6 Å². The molecule has 0 aliphatic carbocycles. The van der Waals surface area contributed by atoms with Crippen LogP contribution in [0.15, 0.2) is 23.4 Å². The molecular formula is C13H20ClN3O. The molecule has 0 aromatic heterocycles. The summed E-state index contributed by atoms with van der Waals surface area (Å²) in [5.41, 5.74) is 7.34. The van der Waals surface area contributed by atoms with E-state index in [1.807, 2.05) is 39.0 Å². The molecule has 0 heterocycles. The van der Waals surface area contributed by atoms with Gasteiger partial charge in [0.2, 0.25) is 0 Å². The lowest BCUT2D eigenvalue weighted by Gasteiger charge is -2.23. The summed E-state index contributed by atoms with van der Waals surface area (Å²) in [6, 6.07) is 5.83. The Morgan fingerprint density at radius 3 is 2.78 bits per heavy atom. The predicted octanol–water partition coefficient (Wildman–Crippen LogP) is 3.22. The van der Waals surface area contributed by atoms with E-state index in [9.17, 15) is 0 Å². The maximum Gasteiger partial charge on any atom is 0.144 e. The summed E-state index contributed by atoms with van der Waals surface area (Å²) in [4.78, 5) is 0. The second-order valence-electron chi connectivity index (χ2n) is 5.03. The van der Waals surface area contributed by atoms with Crippen LogP contribution < -0.4 is 11.1 Å². The Morgan fingerprint density at radius 1 is 1.50 bits per heavy atom. The first-order valence-electron chi connectivity index (χ1n) is 5.85. The maximum absolute atomic E-state index is 8.69. The fourth-order valence-corrected chi connectivity index (χ4v) is 1.73. The largest absolute Gasteiger partial charge is 0.409 e. The van der Waals surface area contributed by atoms with Crippen molar-refractivity contribution in [3.8, 4) is 0 Å². The lowest BCUT2D eigenvalue weighted by atomic mass is 9.88. The molecule has 0 fully saturated rings. The second-order valence-corrected chi connectivity index (χ2v) is 5.44. The molecule has 0 saturated carbocycles. The second kappa shape index (κ2) is 5.96. The number of nitrogens with one attached hydrogen (secondary N) is 1. The number of benzene rings is 1. The van der Waals surface area contributed by atoms with Gasteiger partial charge in [0.25, 0.3) is 0 Å². The number of anilines is 1. The smallest absolute Gasteiger partial charge is 0.144 e. The first kappa shape index (κ1) is 14.6. The Balaban J connectivity index is 2.59. The minimum atomic E-state index is -0.349. The zero-order chi connectivity index (χ0) is 13.8. The van der Waals surface area contributed by atoms with Crippen LogP contribution in [-0.2, 0) is 0 Å². The van der Waals surface area contributed by atoms with Gasteiger partial charge in [-0.05, 0) is 31.0 Å². The molecule has 4 nitrogen and oxygen atoms in total. The molecule has 5 heteroatoms. The van der Waals surface area contributed by atoms with Crippen molar-refractivity contribution in [1.29, 1.82) is 0 Å². The van der Waals surface area contributed by atoms with Crippen molar-refractivity contribution in [2.24, 2.45) is 16.3 Å². The van der Waals surface area contributed by atoms with E-state index in [-0.39, 0.29) is 11.3 Å². The molecule has 100 valence electrons. The van der Waals surface area contributed by atoms with E-state index in [4.69, 9.17) is 22.5 Å². The van der Waals surface area contributed by atoms with Crippen molar-refractivity contribution in [2.75, 3.05) is 11.9 Å². The van der Waals surface area contributed by atoms with E-state index < -0.39 is 0 Å². The molecule has 18 heavy (non-hydrogen) atoms. The highest BCUT2D eigenvalue weighted by atomic mass is 35.5. The highest BCUT2D eigenvalue weighted by Crippen LogP contribution is 2.25. The van der Waals surface area contributed by atoms with Crippen LogP contribution in [0.4, 0.5) is 5.69 Å². The van der Waals surface area contributed by atoms with Gasteiger partial charge >= 0.3 is 0 Å². The number of nitrogens with two attached hydrogens (primary N) is 1. The summed E-state index contributed by atoms with van der Waals surface area (Å²) in [6.07, 6.45) is 0.743. The first-order chi connectivity index (χ1) is 8.36. The minimum absolute atomic E-state index is 0.236. The Bertz CT molecular complexity index is 444. The summed E-state index contributed by atoms with van der Waals surface area (Å²) >= 11 is 6.09. The molecule has 0 atom stereocenters. The van der Waals surface area contributed by atoms with Crippen LogP contribution in [0.3, 0.4) is 0 Å². The van der Waals surface area contributed by atoms with Crippen LogP contribution in [0.2, 0.25) is 5.02 Å². The zero-order valence-electron chi connectivity index (χ0n) is 11.0. The van der Waals surface area contributed by atoms with E-state index in [1.165, 1.54) is 0 Å². The highest BCUT2D eigenvalue weighted by Gasteiger charge is 2.22. The third-order valence-electron chi connectivity index (χ3n) is 2.99. The molecule has 0 unspecified atom stereocenters. The Kier molecular flexibility index (Phi) is 4.84. The minimum Gasteiger partial charge on any atom is -0.409 e. The average molecular weight is 270 g/mol. The van der Waals surface area contributed by atoms with E-state index in [1.54, 1.807) is 0 Å². The normalized spacial score (nSPS) is 12.6. The van der Waals surface area contributed by atoms with Gasteiger partial charge < -0.3 is 16.3 Å². The summed E-state index contributed by atoms with van der Waals surface area (Å²) in [5.74, 6) is 0.236. The fourth-order valence-electron chi connectivity index (χ4n) is 1.55. The summed E-state index contributed by atoms with van der Waals surface area (Å²) < 4.78 is 0. The Morgan fingerprint density at radius 2 is 2.17 bits per heavy atom. The van der Waals surface area contributed by atoms with Crippen LogP contribution in [0.25, 0.3) is 0 Å². The number of rotatable bonds is 5. The molecule has 0 aliphatic rings. The lowest BCUT2D eigenvalue weighted by Crippen LogP contribution is -2.33. The van der Waals surface area contributed by atoms with E-state index in [2.05, 4.69) is 10.5 Å². The number of amidine groups is 1. The van der Waals surface area contributed by atoms with Gasteiger partial charge in [0, 0.05) is 12.0 Å². The van der Waals surface area contributed by atoms with Crippen LogP contribution in [0.5, 0.6) is 0 Å². The number of aryl methyl sites for hydroxylation is 1. The zero-order valence-corrected chi connectivity index (χ0v) is 11.8. The van der Waals surface area contributed by atoms with Crippen LogP contribution in [0, 0.1) is 12.3 Å². The van der Waals surface area contributed by atoms with Gasteiger partial charge in [-0.2, -0.15) is 0 Å². The molecule has 0 amide bonds. The van der Waals surface area contributed by atoms with Crippen molar-refractivity contribution in [2.45, 2.75) is 27.2 Å². The number of oxime groups is 1. The molecular weight excluding hydrogens is 250 g/mol. The number of hydrogen-bond acceptors (Lipinski definition) is 3. The lowest BCUT2D eigenvalue weighted by molar-refractivity contribution is 0.306. The van der Waals surface area contributed by atoms with Gasteiger partial charge in [-0.3, -0.25) is 0 Å². The molecule has 0 saturated heterocycles. The molecule has 1 aromatic carbocycles. The summed E-state index contributed by atoms with van der Waals surface area (Å²) in [7, 11) is 0. The quantitative estimate of drug-likeness (QED) is 0.333. The van der Waals surface area contributed by atoms with Gasteiger partial charge in [0.1, 0.15) is 5.84 Å². The van der Waals surface area contributed by atoms with Crippen LogP contribution >= 0.6 is 11.6 Å². The maximum atomic E-state index is 8.69. The number of halogens is 1. The Labute approximate surface area is 113 Å². The summed E-state index contributed by atoms with van der Waals surface area (Å²) in [5, 5.41) is 15.7. The third kappa shape index (κ3) is 3.81. The van der Waals surface area contributed by atoms with Crippen molar-refractivity contribution in [3.63, 3.8) is 0 Å². The van der Waals surface area contributed by atoms with Crippen molar-refractivity contribution < 1.29 is 5.21 Å². The van der Waals surface area contributed by atoms with Gasteiger partial charge in [-0.15, -0.1) is 0 Å². The van der Waals surface area contributed by atoms with Gasteiger partial charge in [-0.25, -0.2) is 0 Å². The van der Waals surface area contributed by atoms with Crippen molar-refractivity contribution in [3.05, 3.63) is 28.8 Å². The molecule has 0 aliphatic heterocycles. The molecule has 0 radical (unpaired) electrons. The monoisotopic (exact) mass is 269 g/mol. The van der Waals surface area contributed by atoms with Gasteiger partial charge in [0.05, 0.1) is 10.7 Å². The van der Waals surface area contributed by atoms with Crippen molar-refractivity contribution >= 4 is 23.1 Å². The Hall–Kier alpha value is -1.42. The number of hydrogen-bond donors (Lipinski definition) is 3. The highest BCUT2D eigenvalue weighted by molar-refractivity contribution is 6.33. The molecule has 0 spiro atoms. The van der Waals surface area contributed by atoms with Gasteiger partial charge in [0.15, 0.2) is 0 Å². The molecule has 1 rings (SSSR count). The van der Waals surface area contributed by atoms with E-state index >= 15 is 0 Å². The van der Waals surface area contributed by atoms with Crippen molar-refractivity contribution in [1.82, 2.24) is 0 Å². The van der Waals surface area contributed by atoms with Crippen LogP contribution in [0.1, 0.15) is 25.8 Å². The fraction of sp³-hybridized carbons (Fsp3) is 0.462. The van der Waals surface area contributed by atoms with E-state index in [0.717, 1.165) is 17.7 Å². The average Bonchev–Trinajstić information content (AvgIpc) is 2.32. The van der Waals surface area contributed by atoms with Crippen LogP contribution in [-0.4, -0.2) is 17.6 Å². The van der Waals surface area contributed by atoms with Gasteiger partial charge in [-0.1, -0.05) is 36.7 Å². The molecule has 1 aromatic rings. The predicted molar refractivity (Wildman–Crippen MR) is 76.5 cm³/mol.